The Balaban J connectivity index is 1.54. The molecule has 1 aliphatic heterocycles. The lowest BCUT2D eigenvalue weighted by molar-refractivity contribution is -0.127. The third kappa shape index (κ3) is 4.93. The van der Waals surface area contributed by atoms with Crippen LogP contribution in [0.2, 0.25) is 0 Å². The summed E-state index contributed by atoms with van der Waals surface area (Å²) in [7, 11) is 0. The van der Waals surface area contributed by atoms with E-state index < -0.39 is 0 Å². The van der Waals surface area contributed by atoms with Crippen LogP contribution in [-0.4, -0.2) is 29.8 Å². The zero-order valence-corrected chi connectivity index (χ0v) is 18.7. The number of hydrogen-bond acceptors (Lipinski definition) is 3. The molecule has 1 aromatic heterocycles. The van der Waals surface area contributed by atoms with Crippen LogP contribution in [0.25, 0.3) is 0 Å². The van der Waals surface area contributed by atoms with Crippen LogP contribution in [0.5, 0.6) is 0 Å². The molecule has 3 atom stereocenters. The predicted molar refractivity (Wildman–Crippen MR) is 124 cm³/mol. The minimum atomic E-state index is -0.276. The van der Waals surface area contributed by atoms with E-state index in [4.69, 9.17) is 4.42 Å². The number of piperidine rings is 1. The Hall–Kier alpha value is -3.34. The molecule has 2 amide bonds. The fraction of sp³-hybridized carbons (Fsp3) is 0.333. The first kappa shape index (κ1) is 21.9. The van der Waals surface area contributed by atoms with Crippen molar-refractivity contribution in [3.8, 4) is 0 Å². The summed E-state index contributed by atoms with van der Waals surface area (Å²) in [6, 6.07) is 20.1. The standard InChI is InChI=1S/C27H30N2O3/c1-3-20-9-11-22(12-10-20)24-15-25(17-29(16-24)27(31)23-13-14-32-18-23)26(30)28-19(2)21-7-5-4-6-8-21/h4-14,18-19,24-25H,3,15-17H2,1-2H3,(H,28,30)/t19-,24+,25-/m0/s1. The number of nitrogens with one attached hydrogen (secondary N) is 1. The molecule has 1 N–H and O–H groups in total. The molecular weight excluding hydrogens is 400 g/mol. The van der Waals surface area contributed by atoms with Gasteiger partial charge >= 0.3 is 0 Å². The second-order valence-corrected chi connectivity index (χ2v) is 8.59. The highest BCUT2D eigenvalue weighted by molar-refractivity contribution is 5.94. The predicted octanol–water partition coefficient (Wildman–Crippen LogP) is 4.97. The van der Waals surface area contributed by atoms with E-state index in [0.717, 1.165) is 12.0 Å². The van der Waals surface area contributed by atoms with Gasteiger partial charge in [-0.05, 0) is 42.5 Å². The van der Waals surface area contributed by atoms with Crippen molar-refractivity contribution in [1.29, 1.82) is 0 Å². The molecule has 0 bridgehead atoms. The second-order valence-electron chi connectivity index (χ2n) is 8.59. The topological polar surface area (TPSA) is 62.6 Å². The van der Waals surface area contributed by atoms with Crippen molar-refractivity contribution < 1.29 is 14.0 Å². The zero-order chi connectivity index (χ0) is 22.5. The third-order valence-electron chi connectivity index (χ3n) is 6.39. The van der Waals surface area contributed by atoms with E-state index in [1.54, 1.807) is 11.0 Å². The number of likely N-dealkylation sites (tertiary alicyclic amines) is 1. The van der Waals surface area contributed by atoms with Crippen LogP contribution < -0.4 is 5.32 Å². The molecule has 0 radical (unpaired) electrons. The molecule has 0 aliphatic carbocycles. The molecule has 166 valence electrons. The maximum atomic E-state index is 13.2. The molecule has 0 unspecified atom stereocenters. The van der Waals surface area contributed by atoms with Crippen molar-refractivity contribution in [2.45, 2.75) is 38.6 Å². The van der Waals surface area contributed by atoms with E-state index >= 15 is 0 Å². The van der Waals surface area contributed by atoms with Gasteiger partial charge in [0.2, 0.25) is 5.91 Å². The first-order chi connectivity index (χ1) is 15.5. The Morgan fingerprint density at radius 3 is 2.47 bits per heavy atom. The smallest absolute Gasteiger partial charge is 0.257 e. The molecule has 4 rings (SSSR count). The van der Waals surface area contributed by atoms with Gasteiger partial charge in [-0.1, -0.05) is 61.5 Å². The fourth-order valence-corrected chi connectivity index (χ4v) is 4.45. The average molecular weight is 431 g/mol. The lowest BCUT2D eigenvalue weighted by atomic mass is 9.83. The minimum absolute atomic E-state index is 0.0128. The maximum absolute atomic E-state index is 13.2. The first-order valence-electron chi connectivity index (χ1n) is 11.3. The van der Waals surface area contributed by atoms with Gasteiger partial charge in [0.1, 0.15) is 6.26 Å². The van der Waals surface area contributed by atoms with Crippen molar-refractivity contribution in [2.75, 3.05) is 13.1 Å². The molecule has 5 heteroatoms. The van der Waals surface area contributed by atoms with Gasteiger partial charge in [0.05, 0.1) is 23.8 Å². The van der Waals surface area contributed by atoms with Gasteiger partial charge in [0, 0.05) is 19.0 Å². The summed E-state index contributed by atoms with van der Waals surface area (Å²) in [5, 5.41) is 3.15. The van der Waals surface area contributed by atoms with E-state index in [0.29, 0.717) is 25.1 Å². The Kier molecular flexibility index (Phi) is 6.74. The average Bonchev–Trinajstić information content (AvgIpc) is 3.39. The van der Waals surface area contributed by atoms with Gasteiger partial charge in [-0.2, -0.15) is 0 Å². The van der Waals surface area contributed by atoms with Gasteiger partial charge in [-0.3, -0.25) is 9.59 Å². The summed E-state index contributed by atoms with van der Waals surface area (Å²) < 4.78 is 5.11. The van der Waals surface area contributed by atoms with E-state index in [-0.39, 0.29) is 29.7 Å². The molecule has 32 heavy (non-hydrogen) atoms. The molecule has 5 nitrogen and oxygen atoms in total. The van der Waals surface area contributed by atoms with Gasteiger partial charge in [0.25, 0.3) is 5.91 Å². The molecule has 2 heterocycles. The van der Waals surface area contributed by atoms with Crippen LogP contribution in [0.4, 0.5) is 0 Å². The van der Waals surface area contributed by atoms with Crippen molar-refractivity contribution in [3.63, 3.8) is 0 Å². The normalized spacial score (nSPS) is 19.4. The van der Waals surface area contributed by atoms with E-state index in [1.165, 1.54) is 23.7 Å². The number of rotatable bonds is 6. The van der Waals surface area contributed by atoms with Crippen LogP contribution in [0, 0.1) is 5.92 Å². The minimum Gasteiger partial charge on any atom is -0.472 e. The number of furan rings is 1. The number of aryl methyl sites for hydroxylation is 1. The van der Waals surface area contributed by atoms with Gasteiger partial charge in [-0.25, -0.2) is 0 Å². The van der Waals surface area contributed by atoms with E-state index in [1.807, 2.05) is 37.3 Å². The van der Waals surface area contributed by atoms with Crippen LogP contribution in [0.15, 0.2) is 77.6 Å². The summed E-state index contributed by atoms with van der Waals surface area (Å²) in [5.74, 6) is -0.279. The van der Waals surface area contributed by atoms with Crippen molar-refractivity contribution >= 4 is 11.8 Å². The van der Waals surface area contributed by atoms with Crippen LogP contribution in [-0.2, 0) is 11.2 Å². The number of hydrogen-bond donors (Lipinski definition) is 1. The Labute approximate surface area is 189 Å². The van der Waals surface area contributed by atoms with E-state index in [9.17, 15) is 9.59 Å². The number of carbonyl (C=O) groups is 2. The van der Waals surface area contributed by atoms with Crippen molar-refractivity contribution in [3.05, 3.63) is 95.4 Å². The highest BCUT2D eigenvalue weighted by Gasteiger charge is 2.35. The number of carbonyl (C=O) groups excluding carboxylic acids is 2. The SMILES string of the molecule is CCc1ccc([C@@H]2C[C@H](C(=O)N[C@@H](C)c3ccccc3)CN(C(=O)c3ccoc3)C2)cc1. The summed E-state index contributed by atoms with van der Waals surface area (Å²) in [5.41, 5.74) is 4.03. The van der Waals surface area contributed by atoms with Gasteiger partial charge in [0.15, 0.2) is 0 Å². The number of nitrogens with zero attached hydrogens (tertiary/aromatic N) is 1. The lowest BCUT2D eigenvalue weighted by Crippen LogP contribution is -2.48. The molecule has 1 aliphatic rings. The number of benzene rings is 2. The quantitative estimate of drug-likeness (QED) is 0.601. The van der Waals surface area contributed by atoms with Crippen LogP contribution in [0.3, 0.4) is 0 Å². The lowest BCUT2D eigenvalue weighted by Gasteiger charge is -2.37. The van der Waals surface area contributed by atoms with Gasteiger partial charge in [-0.15, -0.1) is 0 Å². The highest BCUT2D eigenvalue weighted by Crippen LogP contribution is 2.32. The third-order valence-corrected chi connectivity index (χ3v) is 6.39. The Morgan fingerprint density at radius 2 is 1.81 bits per heavy atom. The fourth-order valence-electron chi connectivity index (χ4n) is 4.45. The van der Waals surface area contributed by atoms with E-state index in [2.05, 4.69) is 36.5 Å². The monoisotopic (exact) mass is 430 g/mol. The first-order valence-corrected chi connectivity index (χ1v) is 11.3. The van der Waals surface area contributed by atoms with Crippen LogP contribution in [0.1, 0.15) is 59.3 Å². The molecule has 1 fully saturated rings. The Morgan fingerprint density at radius 1 is 1.06 bits per heavy atom. The molecule has 2 aromatic carbocycles. The molecule has 0 saturated carbocycles. The molecular formula is C27H30N2O3. The second kappa shape index (κ2) is 9.86. The van der Waals surface area contributed by atoms with Gasteiger partial charge < -0.3 is 14.6 Å². The summed E-state index contributed by atoms with van der Waals surface area (Å²) in [6.45, 7) is 5.12. The Bertz CT molecular complexity index is 1030. The van der Waals surface area contributed by atoms with Crippen molar-refractivity contribution in [1.82, 2.24) is 10.2 Å². The zero-order valence-electron chi connectivity index (χ0n) is 18.7. The molecule has 3 aromatic rings. The van der Waals surface area contributed by atoms with Crippen LogP contribution >= 0.6 is 0 Å². The summed E-state index contributed by atoms with van der Waals surface area (Å²) in [6.07, 6.45) is 4.67. The maximum Gasteiger partial charge on any atom is 0.257 e. The largest absolute Gasteiger partial charge is 0.472 e. The summed E-state index contributed by atoms with van der Waals surface area (Å²) >= 11 is 0. The summed E-state index contributed by atoms with van der Waals surface area (Å²) in [4.78, 5) is 28.1. The van der Waals surface area contributed by atoms with Crippen molar-refractivity contribution in [2.24, 2.45) is 5.92 Å². The number of amides is 2. The molecule has 1 saturated heterocycles. The highest BCUT2D eigenvalue weighted by atomic mass is 16.3. The molecule has 0 spiro atoms.